The molecule has 21 heavy (non-hydrogen) atoms. The first-order chi connectivity index (χ1) is 9.92. The van der Waals surface area contributed by atoms with E-state index in [1.807, 2.05) is 0 Å². The molecule has 0 aliphatic heterocycles. The summed E-state index contributed by atoms with van der Waals surface area (Å²) in [5, 5.41) is 11.1. The van der Waals surface area contributed by atoms with E-state index < -0.39 is 30.3 Å². The van der Waals surface area contributed by atoms with Crippen LogP contribution in [0.1, 0.15) is 12.0 Å². The van der Waals surface area contributed by atoms with Gasteiger partial charge >= 0.3 is 11.9 Å². The van der Waals surface area contributed by atoms with Crippen LogP contribution in [0.2, 0.25) is 0 Å². The Bertz CT molecular complexity index is 568. The number of ether oxygens (including phenoxy) is 1. The molecule has 112 valence electrons. The Kier molecular flexibility index (Phi) is 5.94. The van der Waals surface area contributed by atoms with Crippen molar-refractivity contribution in [2.24, 2.45) is 0 Å². The molecule has 0 spiro atoms. The number of hydrogen-bond acceptors (Lipinski definition) is 5. The van der Waals surface area contributed by atoms with Gasteiger partial charge in [0.15, 0.2) is 0 Å². The minimum absolute atomic E-state index is 0.441. The zero-order valence-electron chi connectivity index (χ0n) is 11.4. The van der Waals surface area contributed by atoms with Gasteiger partial charge in [-0.2, -0.15) is 0 Å². The Balaban J connectivity index is 2.65. The zero-order chi connectivity index (χ0) is 15.8. The number of hydrogen-bond donors (Lipinski definition) is 3. The van der Waals surface area contributed by atoms with E-state index in [0.717, 1.165) is 7.11 Å². The smallest absolute Gasteiger partial charge is 0.326 e. The van der Waals surface area contributed by atoms with E-state index in [1.54, 1.807) is 24.3 Å². The van der Waals surface area contributed by atoms with Crippen LogP contribution in [0.15, 0.2) is 30.3 Å². The summed E-state index contributed by atoms with van der Waals surface area (Å²) in [5.74, 6) is -2.66. The van der Waals surface area contributed by atoms with Crippen molar-refractivity contribution in [3.63, 3.8) is 0 Å². The number of nitrogen functional groups attached to an aromatic ring is 1. The number of esters is 1. The number of carbonyl (C=O) groups excluding carboxylic acids is 2. The lowest BCUT2D eigenvalue weighted by Gasteiger charge is -2.11. The van der Waals surface area contributed by atoms with Crippen LogP contribution in [-0.4, -0.2) is 36.1 Å². The molecule has 7 nitrogen and oxygen atoms in total. The van der Waals surface area contributed by atoms with Gasteiger partial charge in [0.05, 0.1) is 13.5 Å². The van der Waals surface area contributed by atoms with Gasteiger partial charge in [0.1, 0.15) is 6.04 Å². The van der Waals surface area contributed by atoms with Crippen LogP contribution < -0.4 is 11.1 Å². The Labute approximate surface area is 121 Å². The summed E-state index contributed by atoms with van der Waals surface area (Å²) in [6, 6.07) is 5.49. The van der Waals surface area contributed by atoms with Crippen molar-refractivity contribution in [3.05, 3.63) is 35.9 Å². The molecule has 1 rings (SSSR count). The van der Waals surface area contributed by atoms with Gasteiger partial charge in [0, 0.05) is 11.8 Å². The average molecular weight is 292 g/mol. The molecule has 0 saturated carbocycles. The number of nitrogens with one attached hydrogen (secondary N) is 1. The quantitative estimate of drug-likeness (QED) is 0.397. The van der Waals surface area contributed by atoms with E-state index >= 15 is 0 Å². The molecule has 0 radical (unpaired) electrons. The minimum Gasteiger partial charge on any atom is -0.480 e. The van der Waals surface area contributed by atoms with Crippen LogP contribution in [-0.2, 0) is 19.1 Å². The molecule has 0 fully saturated rings. The summed E-state index contributed by atoms with van der Waals surface area (Å²) in [7, 11) is 1.14. The average Bonchev–Trinajstić information content (AvgIpc) is 2.44. The third-order valence-electron chi connectivity index (χ3n) is 2.55. The molecule has 7 heteroatoms. The van der Waals surface area contributed by atoms with Gasteiger partial charge in [-0.05, 0) is 23.8 Å². The second-order valence-electron chi connectivity index (χ2n) is 4.18. The van der Waals surface area contributed by atoms with Crippen molar-refractivity contribution in [3.8, 4) is 0 Å². The molecular formula is C14H16N2O5. The summed E-state index contributed by atoms with van der Waals surface area (Å²) < 4.78 is 4.37. The Morgan fingerprint density at radius 2 is 2.14 bits per heavy atom. The lowest BCUT2D eigenvalue weighted by molar-refractivity contribution is -0.148. The van der Waals surface area contributed by atoms with Crippen molar-refractivity contribution in [1.82, 2.24) is 5.32 Å². The molecule has 1 atom stereocenters. The van der Waals surface area contributed by atoms with Crippen LogP contribution >= 0.6 is 0 Å². The van der Waals surface area contributed by atoms with E-state index in [0.29, 0.717) is 11.3 Å². The van der Waals surface area contributed by atoms with Crippen LogP contribution in [0.4, 0.5) is 5.69 Å². The zero-order valence-corrected chi connectivity index (χ0v) is 11.4. The van der Waals surface area contributed by atoms with E-state index in [4.69, 9.17) is 10.8 Å². The Hall–Kier alpha value is -2.83. The number of methoxy groups -OCH3 is 1. The van der Waals surface area contributed by atoms with Gasteiger partial charge in [0.2, 0.25) is 5.91 Å². The van der Waals surface area contributed by atoms with Gasteiger partial charge in [-0.25, -0.2) is 4.79 Å². The van der Waals surface area contributed by atoms with E-state index in [-0.39, 0.29) is 0 Å². The molecule has 0 aliphatic rings. The highest BCUT2D eigenvalue weighted by molar-refractivity contribution is 5.95. The van der Waals surface area contributed by atoms with Crippen molar-refractivity contribution >= 4 is 29.6 Å². The highest BCUT2D eigenvalue weighted by Gasteiger charge is 2.22. The standard InChI is InChI=1S/C14H16N2O5/c1-21-13(18)8-11(14(19)20)16-12(17)6-5-9-3-2-4-10(15)7-9/h2-7,11H,8,15H2,1H3,(H,16,17)(H,19,20)/b6-5+/t11-/m0/s1. The maximum absolute atomic E-state index is 11.6. The molecule has 1 aromatic rings. The largest absolute Gasteiger partial charge is 0.480 e. The number of nitrogens with two attached hydrogens (primary N) is 1. The van der Waals surface area contributed by atoms with Gasteiger partial charge < -0.3 is 20.9 Å². The van der Waals surface area contributed by atoms with Crippen LogP contribution in [0, 0.1) is 0 Å². The van der Waals surface area contributed by atoms with E-state index in [1.165, 1.54) is 12.2 Å². The minimum atomic E-state index is -1.34. The number of benzene rings is 1. The monoisotopic (exact) mass is 292 g/mol. The molecule has 4 N–H and O–H groups in total. The number of carboxylic acids is 1. The second-order valence-corrected chi connectivity index (χ2v) is 4.18. The van der Waals surface area contributed by atoms with Crippen LogP contribution in [0.5, 0.6) is 0 Å². The number of carboxylic acid groups (broad SMARTS) is 1. The molecule has 0 heterocycles. The Morgan fingerprint density at radius 3 is 2.71 bits per heavy atom. The fraction of sp³-hybridized carbons (Fsp3) is 0.214. The van der Waals surface area contributed by atoms with Crippen LogP contribution in [0.25, 0.3) is 6.08 Å². The predicted octanol–water partition coefficient (Wildman–Crippen LogP) is 0.414. The maximum Gasteiger partial charge on any atom is 0.326 e. The third-order valence-corrected chi connectivity index (χ3v) is 2.55. The molecule has 0 bridgehead atoms. The molecule has 0 aliphatic carbocycles. The van der Waals surface area contributed by atoms with Crippen molar-refractivity contribution in [1.29, 1.82) is 0 Å². The topological polar surface area (TPSA) is 119 Å². The SMILES string of the molecule is COC(=O)C[C@H](NC(=O)/C=C/c1cccc(N)c1)C(=O)O. The number of carbonyl (C=O) groups is 3. The first-order valence-corrected chi connectivity index (χ1v) is 6.06. The fourth-order valence-corrected chi connectivity index (χ4v) is 1.50. The number of anilines is 1. The summed E-state index contributed by atoms with van der Waals surface area (Å²) in [6.45, 7) is 0. The van der Waals surface area contributed by atoms with Gasteiger partial charge in [-0.1, -0.05) is 12.1 Å². The molecule has 1 aromatic carbocycles. The summed E-state index contributed by atoms with van der Waals surface area (Å²) in [6.07, 6.45) is 2.22. The van der Waals surface area contributed by atoms with Crippen molar-refractivity contribution in [2.45, 2.75) is 12.5 Å². The number of rotatable bonds is 6. The van der Waals surface area contributed by atoms with Crippen molar-refractivity contribution < 1.29 is 24.2 Å². The summed E-state index contributed by atoms with van der Waals surface area (Å²) in [4.78, 5) is 33.6. The predicted molar refractivity (Wildman–Crippen MR) is 76.1 cm³/mol. The third kappa shape index (κ3) is 5.77. The van der Waals surface area contributed by atoms with Crippen LogP contribution in [0.3, 0.4) is 0 Å². The van der Waals surface area contributed by atoms with Gasteiger partial charge in [-0.3, -0.25) is 9.59 Å². The fourth-order valence-electron chi connectivity index (χ4n) is 1.50. The maximum atomic E-state index is 11.6. The van der Waals surface area contributed by atoms with Crippen molar-refractivity contribution in [2.75, 3.05) is 12.8 Å². The Morgan fingerprint density at radius 1 is 1.43 bits per heavy atom. The molecule has 1 amide bonds. The molecular weight excluding hydrogens is 276 g/mol. The highest BCUT2D eigenvalue weighted by atomic mass is 16.5. The first kappa shape index (κ1) is 16.2. The first-order valence-electron chi connectivity index (χ1n) is 6.06. The second kappa shape index (κ2) is 7.68. The lowest BCUT2D eigenvalue weighted by Crippen LogP contribution is -2.41. The van der Waals surface area contributed by atoms with Gasteiger partial charge in [0.25, 0.3) is 0 Å². The van der Waals surface area contributed by atoms with E-state index in [9.17, 15) is 14.4 Å². The van der Waals surface area contributed by atoms with E-state index in [2.05, 4.69) is 10.1 Å². The lowest BCUT2D eigenvalue weighted by atomic mass is 10.2. The van der Waals surface area contributed by atoms with Gasteiger partial charge in [-0.15, -0.1) is 0 Å². The number of amides is 1. The normalized spacial score (nSPS) is 11.9. The number of aliphatic carboxylic acids is 1. The molecule has 0 unspecified atom stereocenters. The molecule has 0 aromatic heterocycles. The summed E-state index contributed by atoms with van der Waals surface area (Å²) in [5.41, 5.74) is 6.84. The summed E-state index contributed by atoms with van der Waals surface area (Å²) >= 11 is 0. The molecule has 0 saturated heterocycles. The highest BCUT2D eigenvalue weighted by Crippen LogP contribution is 2.08.